The molecule has 3 aromatic carbocycles. The second-order valence-electron chi connectivity index (χ2n) is 11.3. The van der Waals surface area contributed by atoms with Gasteiger partial charge in [-0.3, -0.25) is 4.79 Å². The Kier molecular flexibility index (Phi) is 10.5. The van der Waals surface area contributed by atoms with Crippen LogP contribution in [0.4, 0.5) is 18.9 Å². The van der Waals surface area contributed by atoms with Crippen LogP contribution >= 0.6 is 23.8 Å². The summed E-state index contributed by atoms with van der Waals surface area (Å²) in [5, 5.41) is 15.9. The van der Waals surface area contributed by atoms with Crippen molar-refractivity contribution in [3.63, 3.8) is 0 Å². The Labute approximate surface area is 270 Å². The lowest BCUT2D eigenvalue weighted by molar-refractivity contribution is -0.138. The summed E-state index contributed by atoms with van der Waals surface area (Å²) in [6.07, 6.45) is -1.27. The quantitative estimate of drug-likeness (QED) is 0.178. The van der Waals surface area contributed by atoms with E-state index in [-0.39, 0.29) is 36.1 Å². The lowest BCUT2D eigenvalue weighted by atomic mass is 10.0. The fourth-order valence-corrected chi connectivity index (χ4v) is 5.31. The zero-order valence-electron chi connectivity index (χ0n) is 25.0. The molecule has 2 N–H and O–H groups in total. The van der Waals surface area contributed by atoms with Gasteiger partial charge < -0.3 is 20.1 Å². The first kappa shape index (κ1) is 33.5. The molecule has 45 heavy (non-hydrogen) atoms. The molecular weight excluding hydrogens is 621 g/mol. The molecule has 7 nitrogen and oxygen atoms in total. The van der Waals surface area contributed by atoms with Crippen molar-refractivity contribution >= 4 is 40.5 Å². The van der Waals surface area contributed by atoms with Crippen LogP contribution in [0.1, 0.15) is 47.4 Å². The monoisotopic (exact) mass is 652 g/mol. The minimum atomic E-state index is -4.55. The van der Waals surface area contributed by atoms with Crippen molar-refractivity contribution in [2.24, 2.45) is 0 Å². The molecule has 1 aromatic heterocycles. The number of anilines is 1. The average molecular weight is 653 g/mol. The number of nitrogens with one attached hydrogen (secondary N) is 2. The fraction of sp³-hybridized carbons (Fsp3) is 0.273. The van der Waals surface area contributed by atoms with Crippen LogP contribution in [-0.4, -0.2) is 37.6 Å². The average Bonchev–Trinajstić information content (AvgIpc) is 3.40. The van der Waals surface area contributed by atoms with Gasteiger partial charge in [-0.05, 0) is 80.0 Å². The summed E-state index contributed by atoms with van der Waals surface area (Å²) in [4.78, 5) is 19.1. The summed E-state index contributed by atoms with van der Waals surface area (Å²) >= 11 is 12.0. The molecule has 0 aliphatic heterocycles. The van der Waals surface area contributed by atoms with E-state index in [0.29, 0.717) is 28.5 Å². The molecule has 0 atom stereocenters. The molecule has 0 aliphatic rings. The molecule has 4 aromatic rings. The second kappa shape index (κ2) is 14.1. The molecule has 1 heterocycles. The van der Waals surface area contributed by atoms with E-state index in [1.54, 1.807) is 67.7 Å². The van der Waals surface area contributed by atoms with E-state index in [1.165, 1.54) is 12.1 Å². The van der Waals surface area contributed by atoms with Gasteiger partial charge in [0.25, 0.3) is 0 Å². The van der Waals surface area contributed by atoms with Crippen LogP contribution in [0.15, 0.2) is 79.3 Å². The molecule has 4 rings (SSSR count). The summed E-state index contributed by atoms with van der Waals surface area (Å²) in [5.74, 6) is -0.290. The predicted molar refractivity (Wildman–Crippen MR) is 173 cm³/mol. The van der Waals surface area contributed by atoms with Crippen LogP contribution in [0.5, 0.6) is 0 Å². The highest BCUT2D eigenvalue weighted by Gasteiger charge is 2.34. The van der Waals surface area contributed by atoms with Crippen molar-refractivity contribution < 1.29 is 18.0 Å². The van der Waals surface area contributed by atoms with Gasteiger partial charge in [-0.15, -0.1) is 0 Å². The van der Waals surface area contributed by atoms with Crippen LogP contribution in [0.25, 0.3) is 0 Å². The number of nitrogens with zero attached hydrogens (tertiary/aromatic N) is 4. The largest absolute Gasteiger partial charge is 0.416 e. The van der Waals surface area contributed by atoms with E-state index in [9.17, 15) is 18.0 Å². The number of hydrogen-bond donors (Lipinski definition) is 2. The van der Waals surface area contributed by atoms with Gasteiger partial charge in [0.05, 0.1) is 35.5 Å². The van der Waals surface area contributed by atoms with Crippen molar-refractivity contribution in [2.45, 2.75) is 52.0 Å². The molecule has 0 saturated heterocycles. The normalized spacial score (nSPS) is 11.5. The minimum Gasteiger partial charge on any atom is -0.349 e. The van der Waals surface area contributed by atoms with Crippen molar-refractivity contribution in [3.05, 3.63) is 118 Å². The maximum absolute atomic E-state index is 13.9. The molecule has 0 unspecified atom stereocenters. The molecule has 12 heteroatoms. The lowest BCUT2D eigenvalue weighted by Crippen LogP contribution is -2.53. The third-order valence-electron chi connectivity index (χ3n) is 7.12. The molecule has 0 saturated carbocycles. The smallest absolute Gasteiger partial charge is 0.349 e. The number of amides is 1. The second-order valence-corrected chi connectivity index (χ2v) is 12.1. The number of carbonyl (C=O) groups is 1. The topological polar surface area (TPSA) is 86.0 Å². The van der Waals surface area contributed by atoms with Gasteiger partial charge in [0.2, 0.25) is 5.91 Å². The van der Waals surface area contributed by atoms with Gasteiger partial charge in [-0.1, -0.05) is 48.0 Å². The minimum absolute atomic E-state index is 0.0288. The number of nitriles is 1. The van der Waals surface area contributed by atoms with Crippen molar-refractivity contribution in [1.82, 2.24) is 19.8 Å². The maximum atomic E-state index is 13.9. The maximum Gasteiger partial charge on any atom is 0.416 e. The van der Waals surface area contributed by atoms with Crippen LogP contribution in [0.2, 0.25) is 5.02 Å². The van der Waals surface area contributed by atoms with Crippen LogP contribution in [0.3, 0.4) is 0 Å². The number of alkyl halides is 3. The first-order valence-electron chi connectivity index (χ1n) is 14.0. The van der Waals surface area contributed by atoms with Crippen LogP contribution in [-0.2, 0) is 30.5 Å². The Morgan fingerprint density at radius 1 is 1.09 bits per heavy atom. The zero-order valence-corrected chi connectivity index (χ0v) is 26.5. The summed E-state index contributed by atoms with van der Waals surface area (Å²) in [7, 11) is 0. The van der Waals surface area contributed by atoms with Crippen molar-refractivity contribution in [2.75, 3.05) is 11.9 Å². The third-order valence-corrected chi connectivity index (χ3v) is 7.89. The molecule has 0 aliphatic carbocycles. The first-order valence-corrected chi connectivity index (χ1v) is 14.8. The highest BCUT2D eigenvalue weighted by atomic mass is 35.5. The van der Waals surface area contributed by atoms with E-state index < -0.39 is 17.3 Å². The van der Waals surface area contributed by atoms with Gasteiger partial charge in [0.15, 0.2) is 5.11 Å². The van der Waals surface area contributed by atoms with E-state index >= 15 is 0 Å². The summed E-state index contributed by atoms with van der Waals surface area (Å²) in [6.45, 7) is 5.79. The first-order chi connectivity index (χ1) is 21.3. The molecular formula is C33H32ClF3N6OS. The number of thiocarbonyl (C=S) groups is 1. The highest BCUT2D eigenvalue weighted by molar-refractivity contribution is 7.80. The predicted octanol–water partition coefficient (Wildman–Crippen LogP) is 7.12. The van der Waals surface area contributed by atoms with Gasteiger partial charge in [-0.2, -0.15) is 18.4 Å². The Morgan fingerprint density at radius 3 is 2.49 bits per heavy atom. The van der Waals surface area contributed by atoms with Crippen LogP contribution < -0.4 is 10.6 Å². The number of imidazole rings is 1. The molecule has 0 radical (unpaired) electrons. The summed E-state index contributed by atoms with van der Waals surface area (Å²) < 4.78 is 43.5. The molecule has 1 amide bonds. The summed E-state index contributed by atoms with van der Waals surface area (Å²) in [6, 6.07) is 19.9. The summed E-state index contributed by atoms with van der Waals surface area (Å²) in [5.41, 5.74) is 1.93. The molecule has 234 valence electrons. The van der Waals surface area contributed by atoms with E-state index in [2.05, 4.69) is 21.7 Å². The van der Waals surface area contributed by atoms with Gasteiger partial charge >= 0.3 is 6.18 Å². The molecule has 0 bridgehead atoms. The molecule has 0 spiro atoms. The number of rotatable bonds is 10. The zero-order chi connectivity index (χ0) is 32.8. The standard InChI is InChI=1S/C33H32ClF3N6OS/c1-22-28(34)9-6-10-29(22)40-31(45)42(19-25-7-4-5-8-27(25)33(35,36)37)20-32(2,3)41-30(44)15-26-17-39-21-43(26)18-24-13-11-23(16-38)12-14-24/h4-14,17,21H,15,18-20H2,1-3H3,(H,40,45)(H,41,44). The van der Waals surface area contributed by atoms with E-state index in [0.717, 1.165) is 17.2 Å². The third kappa shape index (κ3) is 9.06. The number of benzene rings is 3. The van der Waals surface area contributed by atoms with Crippen LogP contribution in [0, 0.1) is 18.3 Å². The lowest BCUT2D eigenvalue weighted by Gasteiger charge is -2.36. The van der Waals surface area contributed by atoms with Gasteiger partial charge in [0, 0.05) is 42.2 Å². The number of aromatic nitrogens is 2. The van der Waals surface area contributed by atoms with E-state index in [1.807, 2.05) is 23.6 Å². The number of hydrogen-bond acceptors (Lipinski definition) is 4. The number of carbonyl (C=O) groups excluding carboxylic acids is 1. The Hall–Kier alpha value is -4.40. The Balaban J connectivity index is 1.51. The molecule has 0 fully saturated rings. The Morgan fingerprint density at radius 2 is 1.80 bits per heavy atom. The van der Waals surface area contributed by atoms with Gasteiger partial charge in [0.1, 0.15) is 0 Å². The fourth-order valence-electron chi connectivity index (χ4n) is 4.90. The van der Waals surface area contributed by atoms with Gasteiger partial charge in [-0.25, -0.2) is 4.98 Å². The Bertz CT molecular complexity index is 1710. The highest BCUT2D eigenvalue weighted by Crippen LogP contribution is 2.33. The SMILES string of the molecule is Cc1c(Cl)cccc1NC(=S)N(Cc1ccccc1C(F)(F)F)CC(C)(C)NC(=O)Cc1cncn1Cc1ccc(C#N)cc1. The van der Waals surface area contributed by atoms with Crippen molar-refractivity contribution in [3.8, 4) is 6.07 Å². The number of halogens is 4. The van der Waals surface area contributed by atoms with E-state index in [4.69, 9.17) is 29.1 Å². The van der Waals surface area contributed by atoms with Crippen molar-refractivity contribution in [1.29, 1.82) is 5.26 Å².